The smallest absolute Gasteiger partial charge is 0.254 e. The summed E-state index contributed by atoms with van der Waals surface area (Å²) in [5, 5.41) is 4.58. The molecule has 4 fully saturated rings. The van der Waals surface area contributed by atoms with Crippen LogP contribution in [0.15, 0.2) is 36.4 Å². The Morgan fingerprint density at radius 1 is 0.974 bits per heavy atom. The largest absolute Gasteiger partial charge is 0.334 e. The monoisotopic (exact) mass is 570 g/mol. The highest BCUT2D eigenvalue weighted by atomic mass is 35.5. The second-order valence-electron chi connectivity index (χ2n) is 11.6. The molecule has 6 rings (SSSR count). The SMILES string of the molecule is CCN1CC2CCCC1CC2NCC(=O)N1CCN(C(=O)c2cc(C)cc(C)c2)CC1c1ccc(Cl)c(Cl)c1. The molecule has 4 aliphatic rings. The van der Waals surface area contributed by atoms with Gasteiger partial charge in [-0.15, -0.1) is 0 Å². The number of piperidine rings is 1. The van der Waals surface area contributed by atoms with Crippen molar-refractivity contribution in [3.05, 3.63) is 68.7 Å². The highest BCUT2D eigenvalue weighted by Crippen LogP contribution is 2.34. The summed E-state index contributed by atoms with van der Waals surface area (Å²) < 4.78 is 0. The standard InChI is InChI=1S/C31H40Cl2N4O2/c1-4-35-18-23-6-5-7-25(35)16-28(23)34-17-30(38)37-11-10-36(31(39)24-13-20(2)12-21(3)14-24)19-29(37)22-8-9-26(32)27(33)15-22/h8-9,12-15,23,25,28-29,34H,4-7,10-11,16-19H2,1-3H3. The average molecular weight is 572 g/mol. The number of aryl methyl sites for hydroxylation is 2. The Kier molecular flexibility index (Phi) is 8.87. The molecule has 0 spiro atoms. The Balaban J connectivity index is 1.32. The number of fused-ring (bicyclic) bond motifs is 4. The van der Waals surface area contributed by atoms with E-state index in [1.54, 1.807) is 6.07 Å². The molecule has 3 saturated heterocycles. The van der Waals surface area contributed by atoms with E-state index >= 15 is 0 Å². The zero-order chi connectivity index (χ0) is 27.7. The Bertz CT molecular complexity index is 1200. The molecule has 4 unspecified atom stereocenters. The molecule has 4 atom stereocenters. The van der Waals surface area contributed by atoms with Crippen molar-refractivity contribution < 1.29 is 9.59 Å². The van der Waals surface area contributed by atoms with Crippen LogP contribution in [-0.4, -0.2) is 77.9 Å². The maximum Gasteiger partial charge on any atom is 0.254 e. The van der Waals surface area contributed by atoms with Gasteiger partial charge in [0.15, 0.2) is 0 Å². The number of nitrogens with one attached hydrogen (secondary N) is 1. The highest BCUT2D eigenvalue weighted by molar-refractivity contribution is 6.42. The lowest BCUT2D eigenvalue weighted by atomic mass is 9.89. The number of carbonyl (C=O) groups excluding carboxylic acids is 2. The van der Waals surface area contributed by atoms with Gasteiger partial charge in [0.25, 0.3) is 5.91 Å². The van der Waals surface area contributed by atoms with E-state index in [0.29, 0.717) is 59.8 Å². The molecule has 2 aromatic rings. The molecule has 2 aromatic carbocycles. The van der Waals surface area contributed by atoms with Gasteiger partial charge in [-0.3, -0.25) is 9.59 Å². The van der Waals surface area contributed by atoms with Crippen LogP contribution in [0.3, 0.4) is 0 Å². The van der Waals surface area contributed by atoms with Crippen molar-refractivity contribution in [2.24, 2.45) is 5.92 Å². The van der Waals surface area contributed by atoms with E-state index in [-0.39, 0.29) is 17.9 Å². The van der Waals surface area contributed by atoms with Crippen molar-refractivity contribution in [2.75, 3.05) is 39.3 Å². The molecule has 1 N–H and O–H groups in total. The number of piperazine rings is 1. The van der Waals surface area contributed by atoms with Gasteiger partial charge in [0.2, 0.25) is 5.91 Å². The molecule has 2 bridgehead atoms. The zero-order valence-electron chi connectivity index (χ0n) is 23.3. The predicted octanol–water partition coefficient (Wildman–Crippen LogP) is 5.49. The number of hydrogen-bond donors (Lipinski definition) is 1. The molecule has 0 radical (unpaired) electrons. The van der Waals surface area contributed by atoms with Crippen molar-refractivity contribution in [1.82, 2.24) is 20.0 Å². The van der Waals surface area contributed by atoms with Crippen LogP contribution in [0.1, 0.15) is 65.7 Å². The summed E-state index contributed by atoms with van der Waals surface area (Å²) in [6.07, 6.45) is 4.87. The van der Waals surface area contributed by atoms with E-state index in [1.165, 1.54) is 19.3 Å². The van der Waals surface area contributed by atoms with Gasteiger partial charge in [-0.25, -0.2) is 0 Å². The van der Waals surface area contributed by atoms with Gasteiger partial charge in [0, 0.05) is 43.8 Å². The van der Waals surface area contributed by atoms with Gasteiger partial charge in [0.05, 0.1) is 22.6 Å². The maximum absolute atomic E-state index is 13.7. The second kappa shape index (κ2) is 12.2. The average Bonchev–Trinajstić information content (AvgIpc) is 3.25. The first-order chi connectivity index (χ1) is 18.7. The Morgan fingerprint density at radius 2 is 1.74 bits per heavy atom. The summed E-state index contributed by atoms with van der Waals surface area (Å²) in [4.78, 5) is 33.6. The summed E-state index contributed by atoms with van der Waals surface area (Å²) in [6, 6.07) is 12.2. The van der Waals surface area contributed by atoms with Gasteiger partial charge >= 0.3 is 0 Å². The van der Waals surface area contributed by atoms with Gasteiger partial charge < -0.3 is 20.0 Å². The Labute approximate surface area is 242 Å². The van der Waals surface area contributed by atoms with Gasteiger partial charge in [-0.05, 0) is 75.4 Å². The summed E-state index contributed by atoms with van der Waals surface area (Å²) in [7, 11) is 0. The number of hydrogen-bond acceptors (Lipinski definition) is 4. The third-order valence-corrected chi connectivity index (χ3v) is 9.64. The van der Waals surface area contributed by atoms with Crippen molar-refractivity contribution in [3.63, 3.8) is 0 Å². The lowest BCUT2D eigenvalue weighted by Gasteiger charge is -2.43. The zero-order valence-corrected chi connectivity index (χ0v) is 24.8. The molecule has 8 heteroatoms. The summed E-state index contributed by atoms with van der Waals surface area (Å²) in [5.41, 5.74) is 3.70. The van der Waals surface area contributed by atoms with Crippen molar-refractivity contribution in [1.29, 1.82) is 0 Å². The van der Waals surface area contributed by atoms with E-state index in [2.05, 4.69) is 23.2 Å². The second-order valence-corrected chi connectivity index (χ2v) is 12.4. The van der Waals surface area contributed by atoms with Gasteiger partial charge in [-0.1, -0.05) is 59.8 Å². The minimum absolute atomic E-state index is 0.00737. The van der Waals surface area contributed by atoms with Crippen LogP contribution < -0.4 is 5.32 Å². The van der Waals surface area contributed by atoms with Crippen LogP contribution >= 0.6 is 23.2 Å². The lowest BCUT2D eigenvalue weighted by molar-refractivity contribution is -0.135. The number of benzene rings is 2. The molecule has 210 valence electrons. The summed E-state index contributed by atoms with van der Waals surface area (Å²) in [5.74, 6) is 0.652. The number of nitrogens with zero attached hydrogens (tertiary/aromatic N) is 3. The van der Waals surface area contributed by atoms with E-state index in [9.17, 15) is 9.59 Å². The molecular formula is C31H40Cl2N4O2. The first-order valence-corrected chi connectivity index (χ1v) is 15.1. The first kappa shape index (κ1) is 28.4. The fourth-order valence-electron chi connectivity index (χ4n) is 6.93. The van der Waals surface area contributed by atoms with Crippen molar-refractivity contribution >= 4 is 35.0 Å². The van der Waals surface area contributed by atoms with Crippen LogP contribution in [0, 0.1) is 19.8 Å². The van der Waals surface area contributed by atoms with Crippen LogP contribution in [0.2, 0.25) is 10.0 Å². The molecule has 1 saturated carbocycles. The van der Waals surface area contributed by atoms with Crippen molar-refractivity contribution in [2.45, 2.75) is 64.6 Å². The molecule has 2 amide bonds. The number of amides is 2. The van der Waals surface area contributed by atoms with E-state index < -0.39 is 0 Å². The Hall–Kier alpha value is -2.12. The quantitative estimate of drug-likeness (QED) is 0.499. The predicted molar refractivity (Wildman–Crippen MR) is 158 cm³/mol. The molecule has 0 aromatic heterocycles. The fraction of sp³-hybridized carbons (Fsp3) is 0.548. The lowest BCUT2D eigenvalue weighted by Crippen LogP contribution is -2.56. The van der Waals surface area contributed by atoms with Crippen LogP contribution in [0.4, 0.5) is 0 Å². The summed E-state index contributed by atoms with van der Waals surface area (Å²) in [6.45, 7) is 10.2. The summed E-state index contributed by atoms with van der Waals surface area (Å²) >= 11 is 12.6. The molecule has 39 heavy (non-hydrogen) atoms. The molecule has 6 nitrogen and oxygen atoms in total. The number of halogens is 2. The number of rotatable bonds is 6. The normalized spacial score (nSPS) is 25.6. The van der Waals surface area contributed by atoms with Crippen molar-refractivity contribution in [3.8, 4) is 0 Å². The molecule has 3 aliphatic heterocycles. The third kappa shape index (κ3) is 6.30. The maximum atomic E-state index is 13.7. The topological polar surface area (TPSA) is 55.9 Å². The minimum atomic E-state index is -0.293. The minimum Gasteiger partial charge on any atom is -0.334 e. The van der Waals surface area contributed by atoms with Gasteiger partial charge in [0.1, 0.15) is 0 Å². The first-order valence-electron chi connectivity index (χ1n) is 14.3. The van der Waals surface area contributed by atoms with E-state index in [1.807, 2.05) is 47.9 Å². The molecular weight excluding hydrogens is 531 g/mol. The highest BCUT2D eigenvalue weighted by Gasteiger charge is 2.38. The van der Waals surface area contributed by atoms with Crippen LogP contribution in [0.25, 0.3) is 0 Å². The molecule has 1 aliphatic carbocycles. The number of carbonyl (C=O) groups is 2. The van der Waals surface area contributed by atoms with Gasteiger partial charge in [-0.2, -0.15) is 0 Å². The fourth-order valence-corrected chi connectivity index (χ4v) is 7.24. The van der Waals surface area contributed by atoms with E-state index in [4.69, 9.17) is 23.2 Å². The third-order valence-electron chi connectivity index (χ3n) is 8.90. The van der Waals surface area contributed by atoms with Crippen LogP contribution in [-0.2, 0) is 4.79 Å². The Morgan fingerprint density at radius 3 is 2.46 bits per heavy atom. The van der Waals surface area contributed by atoms with Crippen LogP contribution in [0.5, 0.6) is 0 Å². The van der Waals surface area contributed by atoms with E-state index in [0.717, 1.165) is 36.2 Å². The molecule has 3 heterocycles.